The number of carbonyl (C=O) groups excluding carboxylic acids is 1. The molecule has 1 amide bonds. The number of benzene rings is 1. The molecule has 2 heterocycles. The van der Waals surface area contributed by atoms with E-state index in [9.17, 15) is 26.0 Å². The van der Waals surface area contributed by atoms with E-state index in [-0.39, 0.29) is 27.4 Å². The van der Waals surface area contributed by atoms with Crippen molar-refractivity contribution >= 4 is 47.8 Å². The lowest BCUT2D eigenvalue weighted by Crippen LogP contribution is -2.25. The van der Waals surface area contributed by atoms with Gasteiger partial charge in [-0.3, -0.25) is 10.1 Å². The highest BCUT2D eigenvalue weighted by Gasteiger charge is 2.22. The van der Waals surface area contributed by atoms with Crippen LogP contribution in [0.3, 0.4) is 0 Å². The van der Waals surface area contributed by atoms with Crippen molar-refractivity contribution in [2.75, 3.05) is 36.3 Å². The van der Waals surface area contributed by atoms with Crippen LogP contribution in [0.5, 0.6) is 0 Å². The van der Waals surface area contributed by atoms with Crippen LogP contribution in [0.1, 0.15) is 12.0 Å². The third kappa shape index (κ3) is 6.79. The van der Waals surface area contributed by atoms with Crippen molar-refractivity contribution in [3.05, 3.63) is 41.2 Å². The van der Waals surface area contributed by atoms with E-state index in [0.717, 1.165) is 12.5 Å². The highest BCUT2D eigenvalue weighted by Crippen LogP contribution is 2.18. The van der Waals surface area contributed by atoms with Crippen molar-refractivity contribution in [2.24, 2.45) is 5.16 Å². The number of amides is 1. The molecule has 1 aromatic carbocycles. The Bertz CT molecular complexity index is 1200. The van der Waals surface area contributed by atoms with Crippen LogP contribution in [-0.2, 0) is 34.0 Å². The number of halogens is 1. The molecule has 174 valence electrons. The first-order valence-electron chi connectivity index (χ1n) is 9.29. The first-order valence-corrected chi connectivity index (χ1v) is 13.8. The molecular weight excluding hydrogens is 485 g/mol. The van der Waals surface area contributed by atoms with Gasteiger partial charge in [0.2, 0.25) is 0 Å². The summed E-state index contributed by atoms with van der Waals surface area (Å²) < 4.78 is 65.7. The SMILES string of the molecule is CS(=O)(=O)CCS(=O)(=O)c1ccc(C(=NO[C@@H]2CCOC2)C(=O)Nc2ncc(F)s2)cc1. The van der Waals surface area contributed by atoms with Gasteiger partial charge in [0.05, 0.1) is 35.8 Å². The second kappa shape index (κ2) is 10.0. The molecule has 1 aliphatic rings. The normalized spacial score (nSPS) is 17.3. The summed E-state index contributed by atoms with van der Waals surface area (Å²) in [4.78, 5) is 21.7. The van der Waals surface area contributed by atoms with Crippen LogP contribution in [0.4, 0.5) is 9.52 Å². The minimum Gasteiger partial charge on any atom is -0.389 e. The molecule has 1 saturated heterocycles. The third-order valence-electron chi connectivity index (χ3n) is 4.30. The van der Waals surface area contributed by atoms with Crippen LogP contribution in [0.15, 0.2) is 40.5 Å². The molecular formula is C18H20FN3O7S3. The summed E-state index contributed by atoms with van der Waals surface area (Å²) in [6, 6.07) is 5.19. The maximum Gasteiger partial charge on any atom is 0.280 e. The zero-order valence-electron chi connectivity index (χ0n) is 16.9. The van der Waals surface area contributed by atoms with Gasteiger partial charge in [-0.2, -0.15) is 4.39 Å². The number of oxime groups is 1. The zero-order valence-corrected chi connectivity index (χ0v) is 19.3. The average Bonchev–Trinajstić information content (AvgIpc) is 3.38. The fraction of sp³-hybridized carbons (Fsp3) is 0.389. The van der Waals surface area contributed by atoms with E-state index in [0.29, 0.717) is 31.0 Å². The van der Waals surface area contributed by atoms with Crippen LogP contribution >= 0.6 is 11.3 Å². The lowest BCUT2D eigenvalue weighted by molar-refractivity contribution is -0.110. The Hall–Kier alpha value is -2.42. The van der Waals surface area contributed by atoms with E-state index in [1.165, 1.54) is 24.3 Å². The molecule has 0 radical (unpaired) electrons. The largest absolute Gasteiger partial charge is 0.389 e. The van der Waals surface area contributed by atoms with Gasteiger partial charge in [-0.25, -0.2) is 21.8 Å². The van der Waals surface area contributed by atoms with E-state index in [2.05, 4.69) is 15.5 Å². The monoisotopic (exact) mass is 505 g/mol. The van der Waals surface area contributed by atoms with E-state index >= 15 is 0 Å². The van der Waals surface area contributed by atoms with E-state index in [1.54, 1.807) is 0 Å². The molecule has 0 saturated carbocycles. The third-order valence-corrected chi connectivity index (χ3v) is 7.94. The number of rotatable bonds is 9. The minimum atomic E-state index is -3.84. The van der Waals surface area contributed by atoms with Crippen molar-refractivity contribution in [2.45, 2.75) is 17.4 Å². The summed E-state index contributed by atoms with van der Waals surface area (Å²) >= 11 is 0.631. The molecule has 0 unspecified atom stereocenters. The van der Waals surface area contributed by atoms with Gasteiger partial charge in [0, 0.05) is 18.2 Å². The summed E-state index contributed by atoms with van der Waals surface area (Å²) in [5.41, 5.74) is 0.0631. The lowest BCUT2D eigenvalue weighted by atomic mass is 10.1. The summed E-state index contributed by atoms with van der Waals surface area (Å²) in [7, 11) is -7.30. The van der Waals surface area contributed by atoms with Gasteiger partial charge in [0.1, 0.15) is 9.84 Å². The Morgan fingerprint density at radius 3 is 2.56 bits per heavy atom. The average molecular weight is 506 g/mol. The molecule has 0 spiro atoms. The molecule has 10 nitrogen and oxygen atoms in total. The van der Waals surface area contributed by atoms with Crippen molar-refractivity contribution in [3.63, 3.8) is 0 Å². The number of hydrogen-bond donors (Lipinski definition) is 1. The number of nitrogens with one attached hydrogen (secondary N) is 1. The molecule has 1 N–H and O–H groups in total. The number of thiazole rings is 1. The number of hydrogen-bond acceptors (Lipinski definition) is 10. The number of nitrogens with zero attached hydrogens (tertiary/aromatic N) is 2. The number of aromatic nitrogens is 1. The maximum absolute atomic E-state index is 13.2. The van der Waals surface area contributed by atoms with Gasteiger partial charge in [-0.15, -0.1) is 0 Å². The second-order valence-corrected chi connectivity index (χ2v) is 12.3. The van der Waals surface area contributed by atoms with Gasteiger partial charge < -0.3 is 9.57 Å². The van der Waals surface area contributed by atoms with E-state index in [4.69, 9.17) is 9.57 Å². The molecule has 1 atom stereocenters. The van der Waals surface area contributed by atoms with Crippen molar-refractivity contribution in [3.8, 4) is 0 Å². The molecule has 1 fully saturated rings. The van der Waals surface area contributed by atoms with Gasteiger partial charge in [0.15, 0.2) is 31.9 Å². The lowest BCUT2D eigenvalue weighted by Gasteiger charge is -2.10. The van der Waals surface area contributed by atoms with Crippen LogP contribution in [0.25, 0.3) is 0 Å². The Morgan fingerprint density at radius 2 is 2.00 bits per heavy atom. The van der Waals surface area contributed by atoms with Crippen molar-refractivity contribution in [1.29, 1.82) is 0 Å². The van der Waals surface area contributed by atoms with Crippen molar-refractivity contribution < 1.29 is 35.6 Å². The Kier molecular flexibility index (Phi) is 7.59. The number of carbonyl (C=O) groups is 1. The Morgan fingerprint density at radius 1 is 1.28 bits per heavy atom. The molecule has 2 aromatic rings. The summed E-state index contributed by atoms with van der Waals surface area (Å²) in [6.45, 7) is 0.813. The van der Waals surface area contributed by atoms with Crippen LogP contribution in [0.2, 0.25) is 0 Å². The summed E-state index contributed by atoms with van der Waals surface area (Å²) in [5, 5.41) is 5.77. The molecule has 0 bridgehead atoms. The van der Waals surface area contributed by atoms with Gasteiger partial charge in [0.25, 0.3) is 5.91 Å². The molecule has 32 heavy (non-hydrogen) atoms. The summed E-state index contributed by atoms with van der Waals surface area (Å²) in [5.74, 6) is -1.80. The maximum atomic E-state index is 13.2. The topological polar surface area (TPSA) is 141 Å². The zero-order chi connectivity index (χ0) is 23.4. The quantitative estimate of drug-likeness (QED) is 0.397. The fourth-order valence-electron chi connectivity index (χ4n) is 2.62. The molecule has 1 aliphatic heterocycles. The first kappa shape index (κ1) is 24.2. The predicted molar refractivity (Wildman–Crippen MR) is 116 cm³/mol. The molecule has 14 heteroatoms. The fourth-order valence-corrected chi connectivity index (χ4v) is 6.03. The van der Waals surface area contributed by atoms with Crippen LogP contribution < -0.4 is 5.32 Å². The molecule has 0 aliphatic carbocycles. The standard InChI is InChI=1S/C18H20FN3O7S3/c1-31(24,25)8-9-32(26,27)14-4-2-12(3-5-14)16(22-29-13-6-7-28-11-13)17(23)21-18-20-10-15(19)30-18/h2-5,10,13H,6-9,11H2,1H3,(H,20,21,23)/t13-/m1/s1. The molecule has 1 aromatic heterocycles. The molecule has 3 rings (SSSR count). The highest BCUT2D eigenvalue weighted by molar-refractivity contribution is 7.94. The Labute approximate surface area is 188 Å². The van der Waals surface area contributed by atoms with E-state index < -0.39 is 42.2 Å². The van der Waals surface area contributed by atoms with Gasteiger partial charge in [-0.05, 0) is 12.1 Å². The smallest absolute Gasteiger partial charge is 0.280 e. The number of anilines is 1. The first-order chi connectivity index (χ1) is 15.0. The van der Waals surface area contributed by atoms with Crippen LogP contribution in [0, 0.1) is 5.13 Å². The number of sulfone groups is 2. The second-order valence-electron chi connectivity index (χ2n) is 6.93. The predicted octanol–water partition coefficient (Wildman–Crippen LogP) is 1.25. The Balaban J connectivity index is 1.83. The number of ether oxygens (including phenoxy) is 1. The van der Waals surface area contributed by atoms with Crippen molar-refractivity contribution in [1.82, 2.24) is 4.98 Å². The van der Waals surface area contributed by atoms with E-state index in [1.807, 2.05) is 0 Å². The van der Waals surface area contributed by atoms with Crippen LogP contribution in [-0.4, -0.2) is 70.5 Å². The summed E-state index contributed by atoms with van der Waals surface area (Å²) in [6.07, 6.45) is 2.16. The van der Waals surface area contributed by atoms with Gasteiger partial charge >= 0.3 is 0 Å². The van der Waals surface area contributed by atoms with Gasteiger partial charge in [-0.1, -0.05) is 28.6 Å². The highest BCUT2D eigenvalue weighted by atomic mass is 32.2. The minimum absolute atomic E-state index is 0.0179.